The molecule has 1 N–H and O–H groups in total. The first-order chi connectivity index (χ1) is 9.56. The quantitative estimate of drug-likeness (QED) is 0.859. The summed E-state index contributed by atoms with van der Waals surface area (Å²) in [5.74, 6) is -0.945. The lowest BCUT2D eigenvalue weighted by Crippen LogP contribution is -2.17. The smallest absolute Gasteiger partial charge is 0.328 e. The summed E-state index contributed by atoms with van der Waals surface area (Å²) in [5.41, 5.74) is 5.79. The van der Waals surface area contributed by atoms with Gasteiger partial charge in [-0.05, 0) is 30.7 Å². The molecule has 0 unspecified atom stereocenters. The number of carboxylic acids is 1. The van der Waals surface area contributed by atoms with Gasteiger partial charge >= 0.3 is 5.97 Å². The van der Waals surface area contributed by atoms with Gasteiger partial charge in [-0.15, -0.1) is 11.3 Å². The number of nitrogens with zero attached hydrogens (tertiary/aromatic N) is 2. The van der Waals surface area contributed by atoms with E-state index in [2.05, 4.69) is 9.88 Å². The highest BCUT2D eigenvalue weighted by Crippen LogP contribution is 2.24. The minimum Gasteiger partial charge on any atom is -0.478 e. The number of carbonyl (C=O) groups is 1. The average molecular weight is 288 g/mol. The molecule has 5 heteroatoms. The van der Waals surface area contributed by atoms with Crippen molar-refractivity contribution in [3.8, 4) is 0 Å². The van der Waals surface area contributed by atoms with E-state index in [4.69, 9.17) is 5.11 Å². The Bertz CT molecular complexity index is 621. The molecule has 0 radical (unpaired) electrons. The van der Waals surface area contributed by atoms with Gasteiger partial charge in [0.25, 0.3) is 0 Å². The third-order valence-electron chi connectivity index (χ3n) is 2.88. The number of anilines is 1. The number of carboxylic acid groups (broad SMARTS) is 1. The van der Waals surface area contributed by atoms with Gasteiger partial charge in [-0.2, -0.15) is 0 Å². The standard InChI is InChI=1S/C15H16N2O2S/c1-11-3-5-14(12(7-11)4-6-15(18)19)17(2)8-13-9-20-10-16-13/h3-7,9-10H,8H2,1-2H3,(H,18,19)/b6-4+. The van der Waals surface area contributed by atoms with Crippen LogP contribution < -0.4 is 4.90 Å². The Kier molecular flexibility index (Phi) is 4.53. The van der Waals surface area contributed by atoms with Crippen LogP contribution >= 0.6 is 11.3 Å². The van der Waals surface area contributed by atoms with Gasteiger partial charge in [-0.25, -0.2) is 9.78 Å². The van der Waals surface area contributed by atoms with Crippen LogP contribution in [0.15, 0.2) is 35.2 Å². The molecule has 4 nitrogen and oxygen atoms in total. The lowest BCUT2D eigenvalue weighted by molar-refractivity contribution is -0.131. The van der Waals surface area contributed by atoms with Gasteiger partial charge < -0.3 is 10.0 Å². The molecule has 104 valence electrons. The number of hydrogen-bond donors (Lipinski definition) is 1. The van der Waals surface area contributed by atoms with Crippen LogP contribution in [0.5, 0.6) is 0 Å². The first kappa shape index (κ1) is 14.3. The fourth-order valence-corrected chi connectivity index (χ4v) is 2.51. The Labute approximate surface area is 122 Å². The maximum absolute atomic E-state index is 10.7. The molecular formula is C15H16N2O2S. The number of rotatable bonds is 5. The number of hydrogen-bond acceptors (Lipinski definition) is 4. The van der Waals surface area contributed by atoms with E-state index in [9.17, 15) is 4.79 Å². The predicted octanol–water partition coefficient (Wildman–Crippen LogP) is 3.19. The Hall–Kier alpha value is -2.14. The summed E-state index contributed by atoms with van der Waals surface area (Å²) in [6, 6.07) is 6.00. The summed E-state index contributed by atoms with van der Waals surface area (Å²) < 4.78 is 0. The van der Waals surface area contributed by atoms with Crippen molar-refractivity contribution in [1.82, 2.24) is 4.98 Å². The van der Waals surface area contributed by atoms with E-state index in [1.807, 2.05) is 43.1 Å². The van der Waals surface area contributed by atoms with Gasteiger partial charge in [0.2, 0.25) is 0 Å². The third-order valence-corrected chi connectivity index (χ3v) is 3.52. The Morgan fingerprint density at radius 1 is 1.50 bits per heavy atom. The molecule has 0 atom stereocenters. The molecule has 0 fully saturated rings. The summed E-state index contributed by atoms with van der Waals surface area (Å²) in [4.78, 5) is 17.0. The van der Waals surface area contributed by atoms with Crippen molar-refractivity contribution in [2.75, 3.05) is 11.9 Å². The number of aliphatic carboxylic acids is 1. The molecule has 0 spiro atoms. The summed E-state index contributed by atoms with van der Waals surface area (Å²) >= 11 is 1.57. The highest BCUT2D eigenvalue weighted by molar-refractivity contribution is 7.07. The zero-order valence-electron chi connectivity index (χ0n) is 11.4. The highest BCUT2D eigenvalue weighted by atomic mass is 32.1. The van der Waals surface area contributed by atoms with E-state index in [0.717, 1.165) is 28.6 Å². The minimum atomic E-state index is -0.945. The summed E-state index contributed by atoms with van der Waals surface area (Å²) in [7, 11) is 1.97. The lowest BCUT2D eigenvalue weighted by atomic mass is 10.1. The monoisotopic (exact) mass is 288 g/mol. The van der Waals surface area contributed by atoms with Crippen molar-refractivity contribution in [1.29, 1.82) is 0 Å². The maximum atomic E-state index is 10.7. The lowest BCUT2D eigenvalue weighted by Gasteiger charge is -2.21. The summed E-state index contributed by atoms with van der Waals surface area (Å²) in [5, 5.41) is 10.8. The van der Waals surface area contributed by atoms with Crippen molar-refractivity contribution in [2.45, 2.75) is 13.5 Å². The average Bonchev–Trinajstić information content (AvgIpc) is 2.89. The van der Waals surface area contributed by atoms with Crippen LogP contribution in [-0.4, -0.2) is 23.1 Å². The Balaban J connectivity index is 2.27. The molecule has 0 amide bonds. The minimum absolute atomic E-state index is 0.695. The molecule has 0 aliphatic heterocycles. The molecule has 1 aromatic carbocycles. The SMILES string of the molecule is Cc1ccc(N(C)Cc2cscn2)c(/C=C/C(=O)O)c1. The summed E-state index contributed by atoms with van der Waals surface area (Å²) in [6.45, 7) is 2.68. The van der Waals surface area contributed by atoms with E-state index in [-0.39, 0.29) is 0 Å². The molecule has 0 saturated carbocycles. The van der Waals surface area contributed by atoms with Crippen LogP contribution in [0, 0.1) is 6.92 Å². The van der Waals surface area contributed by atoms with Gasteiger partial charge in [-0.3, -0.25) is 0 Å². The largest absolute Gasteiger partial charge is 0.478 e. The summed E-state index contributed by atoms with van der Waals surface area (Å²) in [6.07, 6.45) is 2.79. The van der Waals surface area contributed by atoms with Crippen LogP contribution in [-0.2, 0) is 11.3 Å². The van der Waals surface area contributed by atoms with Crippen molar-refractivity contribution in [3.05, 3.63) is 52.0 Å². The second-order valence-corrected chi connectivity index (χ2v) is 5.29. The number of aromatic nitrogens is 1. The van der Waals surface area contributed by atoms with E-state index in [1.165, 1.54) is 0 Å². The van der Waals surface area contributed by atoms with Crippen molar-refractivity contribution < 1.29 is 9.90 Å². The first-order valence-electron chi connectivity index (χ1n) is 6.16. The van der Waals surface area contributed by atoms with E-state index in [1.54, 1.807) is 17.4 Å². The van der Waals surface area contributed by atoms with E-state index < -0.39 is 5.97 Å². The number of aryl methyl sites for hydroxylation is 1. The van der Waals surface area contributed by atoms with Crippen molar-refractivity contribution >= 4 is 29.1 Å². The molecule has 1 aromatic heterocycles. The molecule has 2 aromatic rings. The van der Waals surface area contributed by atoms with E-state index >= 15 is 0 Å². The fourth-order valence-electron chi connectivity index (χ4n) is 1.96. The van der Waals surface area contributed by atoms with Gasteiger partial charge in [0.15, 0.2) is 0 Å². The zero-order chi connectivity index (χ0) is 14.5. The van der Waals surface area contributed by atoms with Crippen LogP contribution in [0.3, 0.4) is 0 Å². The van der Waals surface area contributed by atoms with Crippen molar-refractivity contribution in [3.63, 3.8) is 0 Å². The molecule has 20 heavy (non-hydrogen) atoms. The van der Waals surface area contributed by atoms with Gasteiger partial charge in [0, 0.05) is 24.2 Å². The van der Waals surface area contributed by atoms with Gasteiger partial charge in [0.1, 0.15) is 0 Å². The predicted molar refractivity (Wildman–Crippen MR) is 82.1 cm³/mol. The number of benzene rings is 1. The number of thiazole rings is 1. The maximum Gasteiger partial charge on any atom is 0.328 e. The van der Waals surface area contributed by atoms with Gasteiger partial charge in [0.05, 0.1) is 17.7 Å². The second kappa shape index (κ2) is 6.34. The molecule has 1 heterocycles. The normalized spacial score (nSPS) is 10.9. The third kappa shape index (κ3) is 3.68. The fraction of sp³-hybridized carbons (Fsp3) is 0.200. The molecule has 0 aliphatic carbocycles. The van der Waals surface area contributed by atoms with E-state index in [0.29, 0.717) is 6.54 Å². The molecule has 0 bridgehead atoms. The first-order valence-corrected chi connectivity index (χ1v) is 7.10. The topological polar surface area (TPSA) is 53.4 Å². The molecule has 2 rings (SSSR count). The highest BCUT2D eigenvalue weighted by Gasteiger charge is 2.08. The van der Waals surface area contributed by atoms with Crippen LogP contribution in [0.2, 0.25) is 0 Å². The molecular weight excluding hydrogens is 272 g/mol. The van der Waals surface area contributed by atoms with Crippen LogP contribution in [0.4, 0.5) is 5.69 Å². The van der Waals surface area contributed by atoms with Crippen molar-refractivity contribution in [2.24, 2.45) is 0 Å². The second-order valence-electron chi connectivity index (χ2n) is 4.57. The Morgan fingerprint density at radius 2 is 2.30 bits per heavy atom. The molecule has 0 aliphatic rings. The van der Waals surface area contributed by atoms with Crippen LogP contribution in [0.1, 0.15) is 16.8 Å². The zero-order valence-corrected chi connectivity index (χ0v) is 12.2. The van der Waals surface area contributed by atoms with Crippen LogP contribution in [0.25, 0.3) is 6.08 Å². The van der Waals surface area contributed by atoms with Gasteiger partial charge in [-0.1, -0.05) is 11.6 Å². The Morgan fingerprint density at radius 3 is 2.95 bits per heavy atom. The molecule has 0 saturated heterocycles.